The van der Waals surface area contributed by atoms with Crippen LogP contribution in [0.3, 0.4) is 0 Å². The molecule has 6 nitrogen and oxygen atoms in total. The van der Waals surface area contributed by atoms with Gasteiger partial charge < -0.3 is 0 Å². The van der Waals surface area contributed by atoms with Gasteiger partial charge >= 0.3 is 108 Å². The molecule has 0 saturated carbocycles. The summed E-state index contributed by atoms with van der Waals surface area (Å²) in [7, 11) is 0. The van der Waals surface area contributed by atoms with Gasteiger partial charge in [0.1, 0.15) is 0 Å². The molecule has 4 N–H and O–H groups in total. The predicted molar refractivity (Wildman–Crippen MR) is 63.6 cm³/mol. The van der Waals surface area contributed by atoms with Crippen LogP contribution in [-0.2, 0) is 17.1 Å². The topological polar surface area (TPSA) is 105 Å². The summed E-state index contributed by atoms with van der Waals surface area (Å²) in [4.78, 5) is 22.7. The van der Waals surface area contributed by atoms with Gasteiger partial charge in [-0.3, -0.25) is 0 Å². The van der Waals surface area contributed by atoms with E-state index in [-0.39, 0.29) is 11.8 Å². The zero-order valence-corrected chi connectivity index (χ0v) is 12.7. The van der Waals surface area contributed by atoms with Crippen molar-refractivity contribution in [2.24, 2.45) is 23.3 Å². The van der Waals surface area contributed by atoms with Crippen LogP contribution in [0.4, 0.5) is 0 Å². The number of nitrogens with two attached hydrogens (primary N) is 2. The first-order valence-electron chi connectivity index (χ1n) is 5.44. The summed E-state index contributed by atoms with van der Waals surface area (Å²) in [5.74, 6) is -1.10. The molecule has 0 aliphatic rings. The van der Waals surface area contributed by atoms with Gasteiger partial charge in [-0.25, -0.2) is 0 Å². The Bertz CT molecular complexity index is 245. The molecular formula is C10H20GeN2O4. The van der Waals surface area contributed by atoms with Crippen LogP contribution in [0.5, 0.6) is 0 Å². The summed E-state index contributed by atoms with van der Waals surface area (Å²) in [5.41, 5.74) is 11.1. The zero-order valence-electron chi connectivity index (χ0n) is 10.6. The van der Waals surface area contributed by atoms with Gasteiger partial charge in [-0.2, -0.15) is 0 Å². The van der Waals surface area contributed by atoms with Crippen molar-refractivity contribution in [2.45, 2.75) is 39.8 Å². The second-order valence-electron chi connectivity index (χ2n) is 4.47. The summed E-state index contributed by atoms with van der Waals surface area (Å²) in [6, 6.07) is -1.37. The van der Waals surface area contributed by atoms with E-state index in [0.29, 0.717) is 0 Å². The third kappa shape index (κ3) is 6.04. The van der Waals surface area contributed by atoms with E-state index in [1.54, 1.807) is 0 Å². The Morgan fingerprint density at radius 3 is 1.41 bits per heavy atom. The van der Waals surface area contributed by atoms with Crippen molar-refractivity contribution < 1.29 is 17.1 Å². The van der Waals surface area contributed by atoms with Gasteiger partial charge in [0.25, 0.3) is 0 Å². The molecule has 0 spiro atoms. The molecule has 2 radical (unpaired) electrons. The Labute approximate surface area is 109 Å². The van der Waals surface area contributed by atoms with E-state index in [1.807, 2.05) is 27.7 Å². The van der Waals surface area contributed by atoms with Gasteiger partial charge in [-0.05, 0) is 0 Å². The normalized spacial score (nSPS) is 14.6. The first-order chi connectivity index (χ1) is 7.77. The molecule has 0 bridgehead atoms. The Balaban J connectivity index is 3.92. The molecule has 0 fully saturated rings. The van der Waals surface area contributed by atoms with Crippen molar-refractivity contribution >= 4 is 28.0 Å². The van der Waals surface area contributed by atoms with E-state index in [1.165, 1.54) is 0 Å². The second-order valence-corrected chi connectivity index (χ2v) is 5.67. The molecule has 0 aliphatic heterocycles. The molecule has 0 aromatic rings. The van der Waals surface area contributed by atoms with Crippen LogP contribution in [0.2, 0.25) is 0 Å². The quantitative estimate of drug-likeness (QED) is 0.645. The number of carbonyl (C=O) groups is 2. The molecule has 0 amide bonds. The second kappa shape index (κ2) is 7.68. The first-order valence-corrected chi connectivity index (χ1v) is 7.16. The SMILES string of the molecule is CC(C)[C@H](N)C(=O)[O][Ge][O]C(=O)[C@@H](N)C(C)C. The van der Waals surface area contributed by atoms with E-state index in [2.05, 4.69) is 0 Å². The number of hydrogen-bond acceptors (Lipinski definition) is 6. The fourth-order valence-electron chi connectivity index (χ4n) is 0.783. The van der Waals surface area contributed by atoms with Gasteiger partial charge in [-0.15, -0.1) is 0 Å². The fraction of sp³-hybridized carbons (Fsp3) is 0.800. The van der Waals surface area contributed by atoms with Gasteiger partial charge in [0.2, 0.25) is 0 Å². The monoisotopic (exact) mass is 306 g/mol. The molecule has 2 atom stereocenters. The summed E-state index contributed by atoms with van der Waals surface area (Å²) in [6.07, 6.45) is 0. The van der Waals surface area contributed by atoms with Crippen molar-refractivity contribution in [1.29, 1.82) is 0 Å². The standard InChI is InChI=1S/C10H20GeN2O4/c1-5(2)7(12)9(14)16-11-17-10(15)8(13)6(3)4/h5-8H,12-13H2,1-4H3/t7-,8-/m0/s1. The fourth-order valence-corrected chi connectivity index (χ4v) is 1.79. The molecular weight excluding hydrogens is 285 g/mol. The average molecular weight is 305 g/mol. The van der Waals surface area contributed by atoms with Crippen LogP contribution in [0.15, 0.2) is 0 Å². The molecule has 98 valence electrons. The van der Waals surface area contributed by atoms with Crippen LogP contribution in [0, 0.1) is 11.8 Å². The van der Waals surface area contributed by atoms with Crippen molar-refractivity contribution in [2.75, 3.05) is 0 Å². The van der Waals surface area contributed by atoms with Crippen molar-refractivity contribution in [3.63, 3.8) is 0 Å². The average Bonchev–Trinajstić information content (AvgIpc) is 2.26. The number of carbonyl (C=O) groups excluding carboxylic acids is 2. The molecule has 7 heteroatoms. The molecule has 0 aliphatic carbocycles. The van der Waals surface area contributed by atoms with Crippen LogP contribution in [-0.4, -0.2) is 40.1 Å². The van der Waals surface area contributed by atoms with Crippen LogP contribution in [0.25, 0.3) is 0 Å². The van der Waals surface area contributed by atoms with Crippen LogP contribution in [0.1, 0.15) is 27.7 Å². The van der Waals surface area contributed by atoms with Crippen LogP contribution < -0.4 is 11.5 Å². The van der Waals surface area contributed by atoms with Crippen molar-refractivity contribution in [1.82, 2.24) is 0 Å². The third-order valence-corrected chi connectivity index (χ3v) is 3.46. The van der Waals surface area contributed by atoms with E-state index in [9.17, 15) is 9.59 Å². The van der Waals surface area contributed by atoms with Gasteiger partial charge in [0, 0.05) is 0 Å². The maximum atomic E-state index is 11.3. The van der Waals surface area contributed by atoms with Gasteiger partial charge in [-0.1, -0.05) is 0 Å². The minimum absolute atomic E-state index is 0.0114. The summed E-state index contributed by atoms with van der Waals surface area (Å²) in [5, 5.41) is 0. The maximum absolute atomic E-state index is 11.3. The Kier molecular flexibility index (Phi) is 7.41. The van der Waals surface area contributed by atoms with E-state index >= 15 is 0 Å². The van der Waals surface area contributed by atoms with Gasteiger partial charge in [0.05, 0.1) is 0 Å². The van der Waals surface area contributed by atoms with Crippen LogP contribution >= 0.6 is 0 Å². The Hall–Kier alpha value is -0.597. The number of rotatable bonds is 6. The van der Waals surface area contributed by atoms with E-state index in [0.717, 1.165) is 0 Å². The zero-order chi connectivity index (χ0) is 13.6. The van der Waals surface area contributed by atoms with Gasteiger partial charge in [0.15, 0.2) is 0 Å². The minimum atomic E-state index is -1.57. The predicted octanol–water partition coefficient (Wildman–Crippen LogP) is -0.426. The summed E-state index contributed by atoms with van der Waals surface area (Å²) < 4.78 is 9.66. The molecule has 0 unspecified atom stereocenters. The summed E-state index contributed by atoms with van der Waals surface area (Å²) in [6.45, 7) is 7.25. The van der Waals surface area contributed by atoms with E-state index < -0.39 is 40.1 Å². The molecule has 0 heterocycles. The van der Waals surface area contributed by atoms with Crippen molar-refractivity contribution in [3.05, 3.63) is 0 Å². The Morgan fingerprint density at radius 1 is 0.882 bits per heavy atom. The Morgan fingerprint density at radius 2 is 1.18 bits per heavy atom. The number of hydrogen-bond donors (Lipinski definition) is 2. The third-order valence-electron chi connectivity index (χ3n) is 2.27. The van der Waals surface area contributed by atoms with Crippen molar-refractivity contribution in [3.8, 4) is 0 Å². The molecule has 0 aromatic carbocycles. The van der Waals surface area contributed by atoms with E-state index in [4.69, 9.17) is 19.0 Å². The molecule has 17 heavy (non-hydrogen) atoms. The first kappa shape index (κ1) is 16.4. The summed E-state index contributed by atoms with van der Waals surface area (Å²) >= 11 is -1.57. The molecule has 0 aromatic heterocycles. The molecule has 0 rings (SSSR count). The molecule has 0 saturated heterocycles.